The molecular weight excluding hydrogens is 206 g/mol. The Hall–Kier alpha value is -2.26. The third kappa shape index (κ3) is 5.13. The predicted molar refractivity (Wildman–Crippen MR) is 46.9 cm³/mol. The molecule has 4 N–H and O–H groups in total. The van der Waals surface area contributed by atoms with Crippen LogP contribution < -0.4 is 11.7 Å². The van der Waals surface area contributed by atoms with Gasteiger partial charge in [0.2, 0.25) is 0 Å². The second-order valence-electron chi connectivity index (χ2n) is 2.32. The van der Waals surface area contributed by atoms with Crippen LogP contribution >= 0.6 is 0 Å². The molecule has 0 radical (unpaired) electrons. The van der Waals surface area contributed by atoms with Crippen molar-refractivity contribution in [1.82, 2.24) is 0 Å². The highest BCUT2D eigenvalue weighted by Crippen LogP contribution is 2.05. The number of rotatable bonds is 5. The van der Waals surface area contributed by atoms with Gasteiger partial charge in [-0.2, -0.15) is 5.11 Å². The van der Waals surface area contributed by atoms with Crippen molar-refractivity contribution < 1.29 is 9.59 Å². The average molecular weight is 215 g/mol. The van der Waals surface area contributed by atoms with Gasteiger partial charge in [-0.15, -0.1) is 4.91 Å². The molecule has 0 heterocycles. The lowest BCUT2D eigenvalue weighted by atomic mass is 10.1. The Morgan fingerprint density at radius 3 is 2.33 bits per heavy atom. The number of nitrogens with zero attached hydrogens (tertiary/aromatic N) is 5. The van der Waals surface area contributed by atoms with E-state index in [2.05, 4.69) is 31.7 Å². The maximum atomic E-state index is 10.8. The molecular formula is C5H9N7O3. The van der Waals surface area contributed by atoms with Gasteiger partial charge in [0.1, 0.15) is 0 Å². The fraction of sp³-hybridized carbons (Fsp3) is 0.600. The zero-order valence-corrected chi connectivity index (χ0v) is 7.61. The summed E-state index contributed by atoms with van der Waals surface area (Å²) in [5, 5.41) is 14.0. The number of carbonyl (C=O) groups excluding carboxylic acids is 2. The highest BCUT2D eigenvalue weighted by Gasteiger charge is 2.19. The van der Waals surface area contributed by atoms with E-state index in [-0.39, 0.29) is 12.8 Å². The van der Waals surface area contributed by atoms with Crippen LogP contribution in [0.4, 0.5) is 0 Å². The molecule has 1 unspecified atom stereocenters. The Kier molecular flexibility index (Phi) is 6.09. The van der Waals surface area contributed by atoms with Gasteiger partial charge in [0.05, 0.1) is 0 Å². The molecule has 0 aliphatic rings. The van der Waals surface area contributed by atoms with E-state index in [1.807, 2.05) is 0 Å². The van der Waals surface area contributed by atoms with Gasteiger partial charge >= 0.3 is 5.91 Å². The lowest BCUT2D eigenvalue weighted by Crippen LogP contribution is -2.17. The smallest absolute Gasteiger partial charge is 0.305 e. The summed E-state index contributed by atoms with van der Waals surface area (Å²) in [6, 6.07) is -1.16. The molecule has 0 saturated heterocycles. The van der Waals surface area contributed by atoms with Crippen LogP contribution in [0.5, 0.6) is 0 Å². The first kappa shape index (κ1) is 12.7. The molecule has 0 spiro atoms. The van der Waals surface area contributed by atoms with Gasteiger partial charge in [0, 0.05) is 11.6 Å². The van der Waals surface area contributed by atoms with Crippen molar-refractivity contribution in [1.29, 1.82) is 0 Å². The van der Waals surface area contributed by atoms with Gasteiger partial charge in [-0.05, 0) is 6.42 Å². The summed E-state index contributed by atoms with van der Waals surface area (Å²) in [4.78, 5) is 31.5. The summed E-state index contributed by atoms with van der Waals surface area (Å²) in [5.41, 5.74) is 0. The topological polar surface area (TPSA) is 165 Å². The molecule has 0 aromatic heterocycles. The van der Waals surface area contributed by atoms with Gasteiger partial charge in [-0.1, -0.05) is 15.6 Å². The minimum Gasteiger partial charge on any atom is -0.305 e. The lowest BCUT2D eigenvalue weighted by molar-refractivity contribution is -0.120. The van der Waals surface area contributed by atoms with Gasteiger partial charge in [-0.3, -0.25) is 9.59 Å². The second-order valence-corrected chi connectivity index (χ2v) is 2.32. The number of nitrogens with two attached hydrogens (primary N) is 2. The second kappa shape index (κ2) is 7.17. The molecule has 0 bridgehead atoms. The first-order valence-electron chi connectivity index (χ1n) is 3.76. The molecule has 2 amide bonds. The lowest BCUT2D eigenvalue weighted by Gasteiger charge is -2.01. The van der Waals surface area contributed by atoms with E-state index in [1.165, 1.54) is 0 Å². The van der Waals surface area contributed by atoms with E-state index in [9.17, 15) is 14.5 Å². The number of amides is 2. The van der Waals surface area contributed by atoms with E-state index in [1.54, 1.807) is 0 Å². The molecule has 0 saturated carbocycles. The molecule has 0 aliphatic carbocycles. The van der Waals surface area contributed by atoms with Gasteiger partial charge in [0.15, 0.2) is 6.04 Å². The van der Waals surface area contributed by atoms with Crippen molar-refractivity contribution in [2.75, 3.05) is 0 Å². The highest BCUT2D eigenvalue weighted by molar-refractivity contribution is 5.83. The molecule has 10 nitrogen and oxygen atoms in total. The fourth-order valence-corrected chi connectivity index (χ4v) is 0.747. The Morgan fingerprint density at radius 1 is 1.20 bits per heavy atom. The van der Waals surface area contributed by atoms with Crippen LogP contribution in [0, 0.1) is 4.91 Å². The van der Waals surface area contributed by atoms with Crippen molar-refractivity contribution in [2.24, 2.45) is 37.5 Å². The van der Waals surface area contributed by atoms with Crippen LogP contribution in [-0.4, -0.2) is 17.9 Å². The van der Waals surface area contributed by atoms with Crippen molar-refractivity contribution in [3.63, 3.8) is 0 Å². The van der Waals surface area contributed by atoms with Gasteiger partial charge < -0.3 is 11.7 Å². The minimum atomic E-state index is -1.16. The Bertz CT molecular complexity index is 299. The Labute approximate surface area is 83.7 Å². The normalized spacial score (nSPS) is 13.1. The van der Waals surface area contributed by atoms with E-state index >= 15 is 0 Å². The quantitative estimate of drug-likeness (QED) is 0.275. The maximum absolute atomic E-state index is 10.8. The molecule has 1 atom stereocenters. The largest absolute Gasteiger partial charge is 0.312 e. The minimum absolute atomic E-state index is 0.0802. The summed E-state index contributed by atoms with van der Waals surface area (Å²) in [6.07, 6.45) is -0.241. The van der Waals surface area contributed by atoms with Crippen molar-refractivity contribution in [3.05, 3.63) is 4.91 Å². The fourth-order valence-electron chi connectivity index (χ4n) is 0.747. The Balaban J connectivity index is 4.24. The SMILES string of the molecule is NN=NC(=O)CCC(N=NN)C(=O)N=O. The van der Waals surface area contributed by atoms with E-state index < -0.39 is 17.9 Å². The number of hydrogen-bond donors (Lipinski definition) is 2. The number of nitroso groups, excluding NO2 is 1. The zero-order chi connectivity index (χ0) is 11.7. The van der Waals surface area contributed by atoms with Crippen LogP contribution in [-0.2, 0) is 9.59 Å². The third-order valence-electron chi connectivity index (χ3n) is 1.38. The molecule has 0 fully saturated rings. The van der Waals surface area contributed by atoms with E-state index in [0.717, 1.165) is 0 Å². The summed E-state index contributed by atoms with van der Waals surface area (Å²) in [5.74, 6) is 7.62. The standard InChI is InChI=1S/C5H9N7O3/c6-11-8-3(5(14)10-15)1-2-4(13)9-12-7/h3H,1-2H2,(H2,6,8)(H2,7,9,13). The summed E-state index contributed by atoms with van der Waals surface area (Å²) in [7, 11) is 0. The maximum Gasteiger partial charge on any atom is 0.312 e. The molecule has 0 aromatic carbocycles. The third-order valence-corrected chi connectivity index (χ3v) is 1.38. The summed E-state index contributed by atoms with van der Waals surface area (Å²) in [6.45, 7) is 0. The monoisotopic (exact) mass is 215 g/mol. The number of carbonyl (C=O) groups is 2. The Morgan fingerprint density at radius 2 is 1.87 bits per heavy atom. The van der Waals surface area contributed by atoms with Gasteiger partial charge in [-0.25, -0.2) is 0 Å². The summed E-state index contributed by atoms with van der Waals surface area (Å²) < 4.78 is 0. The first-order chi connectivity index (χ1) is 7.15. The zero-order valence-electron chi connectivity index (χ0n) is 7.61. The van der Waals surface area contributed by atoms with Crippen LogP contribution in [0.15, 0.2) is 25.9 Å². The van der Waals surface area contributed by atoms with Crippen molar-refractivity contribution >= 4 is 11.8 Å². The molecule has 10 heteroatoms. The molecule has 0 aliphatic heterocycles. The van der Waals surface area contributed by atoms with Crippen LogP contribution in [0.2, 0.25) is 0 Å². The van der Waals surface area contributed by atoms with Gasteiger partial charge in [0.25, 0.3) is 5.91 Å². The van der Waals surface area contributed by atoms with Crippen LogP contribution in [0.25, 0.3) is 0 Å². The first-order valence-corrected chi connectivity index (χ1v) is 3.76. The van der Waals surface area contributed by atoms with Crippen molar-refractivity contribution in [3.8, 4) is 0 Å². The van der Waals surface area contributed by atoms with Crippen molar-refractivity contribution in [2.45, 2.75) is 18.9 Å². The van der Waals surface area contributed by atoms with Crippen LogP contribution in [0.1, 0.15) is 12.8 Å². The molecule has 0 aromatic rings. The van der Waals surface area contributed by atoms with E-state index in [4.69, 9.17) is 5.84 Å². The average Bonchev–Trinajstić information content (AvgIpc) is 2.23. The predicted octanol–water partition coefficient (Wildman–Crippen LogP) is -0.393. The molecule has 0 rings (SSSR count). The summed E-state index contributed by atoms with van der Waals surface area (Å²) >= 11 is 0. The highest BCUT2D eigenvalue weighted by atomic mass is 16.3. The molecule has 15 heavy (non-hydrogen) atoms. The van der Waals surface area contributed by atoms with Crippen LogP contribution in [0.3, 0.4) is 0 Å². The molecule has 82 valence electrons. The van der Waals surface area contributed by atoms with E-state index in [0.29, 0.717) is 0 Å². The number of hydrogen-bond acceptors (Lipinski definition) is 6.